The molecule has 84 valence electrons. The Bertz CT molecular complexity index is 289. The van der Waals surface area contributed by atoms with E-state index in [1.165, 1.54) is 5.56 Å². The first kappa shape index (κ1) is 12.0. The minimum absolute atomic E-state index is 0.333. The van der Waals surface area contributed by atoms with Gasteiger partial charge in [-0.25, -0.2) is 0 Å². The van der Waals surface area contributed by atoms with Crippen LogP contribution in [-0.2, 0) is 6.54 Å². The molecule has 0 fully saturated rings. The number of nitrogens with two attached hydrogens (primary N) is 1. The third-order valence-electron chi connectivity index (χ3n) is 2.27. The SMILES string of the molecule is CCOc1ccccc1CN[C@H](C)CN. The van der Waals surface area contributed by atoms with Crippen molar-refractivity contribution < 1.29 is 4.74 Å². The summed E-state index contributed by atoms with van der Waals surface area (Å²) in [4.78, 5) is 0. The van der Waals surface area contributed by atoms with Crippen LogP contribution < -0.4 is 15.8 Å². The Labute approximate surface area is 91.6 Å². The molecule has 0 saturated heterocycles. The zero-order valence-electron chi connectivity index (χ0n) is 9.49. The van der Waals surface area contributed by atoms with E-state index in [-0.39, 0.29) is 0 Å². The molecule has 0 bridgehead atoms. The summed E-state index contributed by atoms with van der Waals surface area (Å²) in [5, 5.41) is 3.34. The molecule has 0 spiro atoms. The number of benzene rings is 1. The minimum Gasteiger partial charge on any atom is -0.494 e. The Morgan fingerprint density at radius 3 is 2.80 bits per heavy atom. The second-order valence-corrected chi connectivity index (χ2v) is 3.56. The van der Waals surface area contributed by atoms with Gasteiger partial charge in [0.15, 0.2) is 0 Å². The molecule has 0 aliphatic heterocycles. The standard InChI is InChI=1S/C12H20N2O/c1-3-15-12-7-5-4-6-11(12)9-14-10(2)8-13/h4-7,10,14H,3,8-9,13H2,1-2H3/t10-/m1/s1. The fourth-order valence-corrected chi connectivity index (χ4v) is 1.31. The third kappa shape index (κ3) is 3.90. The van der Waals surface area contributed by atoms with Crippen LogP contribution in [0.4, 0.5) is 0 Å². The number of para-hydroxylation sites is 1. The van der Waals surface area contributed by atoms with Gasteiger partial charge in [-0.1, -0.05) is 18.2 Å². The van der Waals surface area contributed by atoms with Gasteiger partial charge in [0.05, 0.1) is 6.61 Å². The molecule has 1 aromatic carbocycles. The van der Waals surface area contributed by atoms with E-state index in [2.05, 4.69) is 18.3 Å². The lowest BCUT2D eigenvalue weighted by molar-refractivity contribution is 0.335. The summed E-state index contributed by atoms with van der Waals surface area (Å²) in [6.45, 7) is 6.21. The topological polar surface area (TPSA) is 47.3 Å². The van der Waals surface area contributed by atoms with E-state index >= 15 is 0 Å². The van der Waals surface area contributed by atoms with Crippen molar-refractivity contribution in [2.45, 2.75) is 26.4 Å². The van der Waals surface area contributed by atoms with E-state index in [4.69, 9.17) is 10.5 Å². The lowest BCUT2D eigenvalue weighted by atomic mass is 10.2. The van der Waals surface area contributed by atoms with Gasteiger partial charge in [0.1, 0.15) is 5.75 Å². The summed E-state index contributed by atoms with van der Waals surface area (Å²) in [7, 11) is 0. The van der Waals surface area contributed by atoms with Crippen molar-refractivity contribution in [1.82, 2.24) is 5.32 Å². The van der Waals surface area contributed by atoms with Gasteiger partial charge in [-0.15, -0.1) is 0 Å². The molecular weight excluding hydrogens is 188 g/mol. The maximum absolute atomic E-state index is 5.54. The van der Waals surface area contributed by atoms with Crippen molar-refractivity contribution in [1.29, 1.82) is 0 Å². The molecule has 3 heteroatoms. The third-order valence-corrected chi connectivity index (χ3v) is 2.27. The number of hydrogen-bond acceptors (Lipinski definition) is 3. The summed E-state index contributed by atoms with van der Waals surface area (Å²) in [6, 6.07) is 8.40. The number of hydrogen-bond donors (Lipinski definition) is 2. The normalized spacial score (nSPS) is 12.5. The fraction of sp³-hybridized carbons (Fsp3) is 0.500. The van der Waals surface area contributed by atoms with Gasteiger partial charge in [-0.2, -0.15) is 0 Å². The van der Waals surface area contributed by atoms with Crippen molar-refractivity contribution in [2.24, 2.45) is 5.73 Å². The maximum atomic E-state index is 5.54. The monoisotopic (exact) mass is 208 g/mol. The van der Waals surface area contributed by atoms with Gasteiger partial charge >= 0.3 is 0 Å². The number of nitrogens with one attached hydrogen (secondary N) is 1. The van der Waals surface area contributed by atoms with Crippen molar-refractivity contribution in [3.8, 4) is 5.75 Å². The molecule has 0 heterocycles. The van der Waals surface area contributed by atoms with Gasteiger partial charge in [-0.3, -0.25) is 0 Å². The molecule has 1 atom stereocenters. The Balaban J connectivity index is 2.58. The van der Waals surface area contributed by atoms with Crippen molar-refractivity contribution >= 4 is 0 Å². The van der Waals surface area contributed by atoms with E-state index in [9.17, 15) is 0 Å². The average molecular weight is 208 g/mol. The first-order valence-electron chi connectivity index (χ1n) is 5.42. The first-order valence-corrected chi connectivity index (χ1v) is 5.42. The lowest BCUT2D eigenvalue weighted by Gasteiger charge is -2.14. The highest BCUT2D eigenvalue weighted by Gasteiger charge is 2.03. The predicted octanol–water partition coefficient (Wildman–Crippen LogP) is 1.52. The molecule has 0 aliphatic rings. The Morgan fingerprint density at radius 1 is 1.40 bits per heavy atom. The molecule has 15 heavy (non-hydrogen) atoms. The smallest absolute Gasteiger partial charge is 0.123 e. The van der Waals surface area contributed by atoms with Crippen LogP contribution in [0.25, 0.3) is 0 Å². The Kier molecular flexibility index (Phi) is 5.15. The van der Waals surface area contributed by atoms with Crippen molar-refractivity contribution in [3.05, 3.63) is 29.8 Å². The first-order chi connectivity index (χ1) is 7.27. The molecule has 0 radical (unpaired) electrons. The largest absolute Gasteiger partial charge is 0.494 e. The summed E-state index contributed by atoms with van der Waals surface area (Å²) in [6.07, 6.45) is 0. The molecule has 3 N–H and O–H groups in total. The number of rotatable bonds is 6. The average Bonchev–Trinajstić information content (AvgIpc) is 2.28. The minimum atomic E-state index is 0.333. The Hall–Kier alpha value is -1.06. The Morgan fingerprint density at radius 2 is 2.13 bits per heavy atom. The van der Waals surface area contributed by atoms with Crippen LogP contribution in [0.15, 0.2) is 24.3 Å². The zero-order chi connectivity index (χ0) is 11.1. The van der Waals surface area contributed by atoms with E-state index < -0.39 is 0 Å². The van der Waals surface area contributed by atoms with Gasteiger partial charge in [0.2, 0.25) is 0 Å². The van der Waals surface area contributed by atoms with E-state index in [1.54, 1.807) is 0 Å². The maximum Gasteiger partial charge on any atom is 0.123 e. The van der Waals surface area contributed by atoms with Crippen LogP contribution in [0.1, 0.15) is 19.4 Å². The summed E-state index contributed by atoms with van der Waals surface area (Å²) in [5.41, 5.74) is 6.72. The van der Waals surface area contributed by atoms with Gasteiger partial charge in [-0.05, 0) is 19.9 Å². The zero-order valence-corrected chi connectivity index (χ0v) is 9.49. The van der Waals surface area contributed by atoms with Crippen molar-refractivity contribution in [2.75, 3.05) is 13.2 Å². The highest BCUT2D eigenvalue weighted by atomic mass is 16.5. The van der Waals surface area contributed by atoms with E-state index in [0.29, 0.717) is 19.2 Å². The van der Waals surface area contributed by atoms with E-state index in [0.717, 1.165) is 12.3 Å². The van der Waals surface area contributed by atoms with Crippen LogP contribution in [0.2, 0.25) is 0 Å². The lowest BCUT2D eigenvalue weighted by Crippen LogP contribution is -2.32. The molecule has 0 aromatic heterocycles. The second kappa shape index (κ2) is 6.43. The number of ether oxygens (including phenoxy) is 1. The molecule has 0 amide bonds. The van der Waals surface area contributed by atoms with Crippen LogP contribution in [0.3, 0.4) is 0 Å². The second-order valence-electron chi connectivity index (χ2n) is 3.56. The summed E-state index contributed by atoms with van der Waals surface area (Å²) in [5.74, 6) is 0.955. The molecule has 0 saturated carbocycles. The van der Waals surface area contributed by atoms with Gasteiger partial charge in [0.25, 0.3) is 0 Å². The highest BCUT2D eigenvalue weighted by molar-refractivity contribution is 5.33. The highest BCUT2D eigenvalue weighted by Crippen LogP contribution is 2.17. The fourth-order valence-electron chi connectivity index (χ4n) is 1.31. The van der Waals surface area contributed by atoms with E-state index in [1.807, 2.05) is 25.1 Å². The molecule has 0 aliphatic carbocycles. The van der Waals surface area contributed by atoms with Gasteiger partial charge < -0.3 is 15.8 Å². The molecular formula is C12H20N2O. The summed E-state index contributed by atoms with van der Waals surface area (Å²) >= 11 is 0. The molecule has 1 aromatic rings. The van der Waals surface area contributed by atoms with Gasteiger partial charge in [0, 0.05) is 24.7 Å². The van der Waals surface area contributed by atoms with Crippen LogP contribution >= 0.6 is 0 Å². The van der Waals surface area contributed by atoms with Crippen LogP contribution in [-0.4, -0.2) is 19.2 Å². The molecule has 1 rings (SSSR count). The predicted molar refractivity (Wildman–Crippen MR) is 63.0 cm³/mol. The summed E-state index contributed by atoms with van der Waals surface area (Å²) < 4.78 is 5.53. The quantitative estimate of drug-likeness (QED) is 0.745. The molecule has 0 unspecified atom stereocenters. The van der Waals surface area contributed by atoms with Crippen molar-refractivity contribution in [3.63, 3.8) is 0 Å². The molecule has 3 nitrogen and oxygen atoms in total. The van der Waals surface area contributed by atoms with Crippen LogP contribution in [0, 0.1) is 0 Å². The van der Waals surface area contributed by atoms with Crippen LogP contribution in [0.5, 0.6) is 5.75 Å².